The molecule has 0 unspecified atom stereocenters. The second-order valence-electron chi connectivity index (χ2n) is 6.95. The first-order chi connectivity index (χ1) is 14.2. The van der Waals surface area contributed by atoms with Crippen LogP contribution >= 0.6 is 0 Å². The largest absolute Gasteiger partial charge is 0.365 e. The number of aryl methyl sites for hydroxylation is 1. The number of carbonyl (C=O) groups is 1. The van der Waals surface area contributed by atoms with Crippen molar-refractivity contribution in [2.45, 2.75) is 13.5 Å². The number of benzene rings is 1. The molecule has 4 rings (SSSR count). The Hall–Kier alpha value is -3.55. The van der Waals surface area contributed by atoms with Crippen molar-refractivity contribution in [2.24, 2.45) is 0 Å². The van der Waals surface area contributed by atoms with Crippen LogP contribution in [-0.2, 0) is 6.54 Å². The van der Waals surface area contributed by atoms with E-state index in [0.29, 0.717) is 50.2 Å². The van der Waals surface area contributed by atoms with Crippen LogP contribution < -0.4 is 10.2 Å². The van der Waals surface area contributed by atoms with Crippen LogP contribution in [0.4, 0.5) is 11.8 Å². The van der Waals surface area contributed by atoms with Crippen LogP contribution in [0.1, 0.15) is 21.6 Å². The van der Waals surface area contributed by atoms with E-state index in [0.717, 1.165) is 5.56 Å². The van der Waals surface area contributed by atoms with Crippen LogP contribution in [0.2, 0.25) is 0 Å². The van der Waals surface area contributed by atoms with E-state index in [4.69, 9.17) is 0 Å². The summed E-state index contributed by atoms with van der Waals surface area (Å²) in [4.78, 5) is 33.8. The van der Waals surface area contributed by atoms with Gasteiger partial charge in [-0.25, -0.2) is 19.9 Å². The van der Waals surface area contributed by atoms with E-state index in [1.165, 1.54) is 11.8 Å². The number of aromatic nitrogens is 4. The van der Waals surface area contributed by atoms with Gasteiger partial charge in [0.15, 0.2) is 0 Å². The second kappa shape index (κ2) is 8.64. The zero-order chi connectivity index (χ0) is 20.1. The Morgan fingerprint density at radius 1 is 0.966 bits per heavy atom. The number of carbonyl (C=O) groups excluding carboxylic acids is 1. The molecule has 0 bridgehead atoms. The van der Waals surface area contributed by atoms with Gasteiger partial charge in [-0.15, -0.1) is 0 Å². The predicted octanol–water partition coefficient (Wildman–Crippen LogP) is 2.15. The van der Waals surface area contributed by atoms with Gasteiger partial charge in [-0.2, -0.15) is 0 Å². The van der Waals surface area contributed by atoms with Gasteiger partial charge >= 0.3 is 0 Å². The summed E-state index contributed by atoms with van der Waals surface area (Å²) < 4.78 is 0. The molecule has 0 saturated carbocycles. The molecule has 3 heterocycles. The molecule has 0 radical (unpaired) electrons. The quantitative estimate of drug-likeness (QED) is 0.715. The van der Waals surface area contributed by atoms with Crippen molar-refractivity contribution < 1.29 is 4.79 Å². The van der Waals surface area contributed by atoms with Gasteiger partial charge in [0.25, 0.3) is 5.91 Å². The molecule has 1 amide bonds. The number of amides is 1. The maximum Gasteiger partial charge on any atom is 0.274 e. The molecule has 29 heavy (non-hydrogen) atoms. The molecule has 1 aliphatic rings. The Balaban J connectivity index is 1.31. The van der Waals surface area contributed by atoms with Crippen molar-refractivity contribution in [3.63, 3.8) is 0 Å². The molecule has 8 nitrogen and oxygen atoms in total. The lowest BCUT2D eigenvalue weighted by atomic mass is 10.1. The lowest BCUT2D eigenvalue weighted by Gasteiger charge is -2.34. The Bertz CT molecular complexity index is 937. The average Bonchev–Trinajstić information content (AvgIpc) is 2.79. The van der Waals surface area contributed by atoms with Crippen LogP contribution in [0.3, 0.4) is 0 Å². The number of anilines is 2. The highest BCUT2D eigenvalue weighted by atomic mass is 16.2. The molecule has 148 valence electrons. The highest BCUT2D eigenvalue weighted by Gasteiger charge is 2.24. The Labute approximate surface area is 169 Å². The van der Waals surface area contributed by atoms with Gasteiger partial charge in [0, 0.05) is 45.1 Å². The molecule has 1 aliphatic heterocycles. The Morgan fingerprint density at radius 2 is 1.69 bits per heavy atom. The first-order valence-electron chi connectivity index (χ1n) is 9.62. The number of nitrogens with one attached hydrogen (secondary N) is 1. The SMILES string of the molecule is Cc1ccc(CNc2cnc(C(=O)N3CCN(c4ncccn4)CC3)cn2)cc1. The van der Waals surface area contributed by atoms with Gasteiger partial charge in [0.05, 0.1) is 12.4 Å². The monoisotopic (exact) mass is 389 g/mol. The minimum Gasteiger partial charge on any atom is -0.365 e. The fourth-order valence-corrected chi connectivity index (χ4v) is 3.15. The number of rotatable bonds is 5. The molecule has 1 aromatic carbocycles. The number of piperazine rings is 1. The molecule has 0 aliphatic carbocycles. The maximum absolute atomic E-state index is 12.7. The molecule has 2 aromatic heterocycles. The summed E-state index contributed by atoms with van der Waals surface area (Å²) in [6.07, 6.45) is 6.59. The third-order valence-corrected chi connectivity index (χ3v) is 4.87. The molecule has 8 heteroatoms. The summed E-state index contributed by atoms with van der Waals surface area (Å²) in [5.41, 5.74) is 2.75. The minimum absolute atomic E-state index is 0.101. The molecule has 0 atom stereocenters. The first-order valence-corrected chi connectivity index (χ1v) is 9.62. The van der Waals surface area contributed by atoms with E-state index >= 15 is 0 Å². The fraction of sp³-hybridized carbons (Fsp3) is 0.286. The molecule has 3 aromatic rings. The van der Waals surface area contributed by atoms with Gasteiger partial charge in [-0.1, -0.05) is 29.8 Å². The third kappa shape index (κ3) is 4.66. The summed E-state index contributed by atoms with van der Waals surface area (Å²) in [7, 11) is 0. The summed E-state index contributed by atoms with van der Waals surface area (Å²) >= 11 is 0. The molecule has 1 saturated heterocycles. The molecule has 0 spiro atoms. The van der Waals surface area contributed by atoms with Crippen LogP contribution in [0.25, 0.3) is 0 Å². The van der Waals surface area contributed by atoms with Gasteiger partial charge < -0.3 is 15.1 Å². The van der Waals surface area contributed by atoms with Crippen molar-refractivity contribution in [1.82, 2.24) is 24.8 Å². The fourth-order valence-electron chi connectivity index (χ4n) is 3.15. The van der Waals surface area contributed by atoms with Crippen LogP contribution in [0.5, 0.6) is 0 Å². The second-order valence-corrected chi connectivity index (χ2v) is 6.95. The minimum atomic E-state index is -0.101. The Morgan fingerprint density at radius 3 is 2.34 bits per heavy atom. The van der Waals surface area contributed by atoms with Crippen LogP contribution in [0, 0.1) is 6.92 Å². The lowest BCUT2D eigenvalue weighted by molar-refractivity contribution is 0.0740. The van der Waals surface area contributed by atoms with Crippen molar-refractivity contribution in [1.29, 1.82) is 0 Å². The number of nitrogens with zero attached hydrogens (tertiary/aromatic N) is 6. The summed E-state index contributed by atoms with van der Waals surface area (Å²) in [6, 6.07) is 10.1. The zero-order valence-electron chi connectivity index (χ0n) is 16.3. The third-order valence-electron chi connectivity index (χ3n) is 4.87. The van der Waals surface area contributed by atoms with Crippen molar-refractivity contribution in [3.05, 3.63) is 71.9 Å². The summed E-state index contributed by atoms with van der Waals surface area (Å²) in [5, 5.41) is 3.23. The van der Waals surface area contributed by atoms with E-state index in [-0.39, 0.29) is 5.91 Å². The van der Waals surface area contributed by atoms with E-state index < -0.39 is 0 Å². The van der Waals surface area contributed by atoms with E-state index in [9.17, 15) is 4.79 Å². The van der Waals surface area contributed by atoms with Gasteiger partial charge in [-0.3, -0.25) is 4.79 Å². The van der Waals surface area contributed by atoms with Crippen molar-refractivity contribution in [3.8, 4) is 0 Å². The molecule has 1 N–H and O–H groups in total. The van der Waals surface area contributed by atoms with Crippen LogP contribution in [-0.4, -0.2) is 56.9 Å². The van der Waals surface area contributed by atoms with Crippen molar-refractivity contribution in [2.75, 3.05) is 36.4 Å². The summed E-state index contributed by atoms with van der Waals surface area (Å²) in [5.74, 6) is 1.24. The first kappa shape index (κ1) is 18.8. The van der Waals surface area contributed by atoms with Gasteiger partial charge in [0.1, 0.15) is 11.5 Å². The zero-order valence-corrected chi connectivity index (χ0v) is 16.3. The normalized spacial score (nSPS) is 14.0. The van der Waals surface area contributed by atoms with Crippen molar-refractivity contribution >= 4 is 17.7 Å². The maximum atomic E-state index is 12.7. The highest BCUT2D eigenvalue weighted by Crippen LogP contribution is 2.12. The molecule has 1 fully saturated rings. The smallest absolute Gasteiger partial charge is 0.274 e. The van der Waals surface area contributed by atoms with E-state index in [1.807, 2.05) is 0 Å². The van der Waals surface area contributed by atoms with Gasteiger partial charge in [0.2, 0.25) is 5.95 Å². The molecular weight excluding hydrogens is 366 g/mol. The standard InChI is InChI=1S/C21H23N7O/c1-16-3-5-17(6-4-16)13-25-19-15-24-18(14-26-19)20(29)27-9-11-28(12-10-27)21-22-7-2-8-23-21/h2-8,14-15H,9-13H2,1H3,(H,25,26). The highest BCUT2D eigenvalue weighted by molar-refractivity contribution is 5.92. The van der Waals surface area contributed by atoms with Gasteiger partial charge in [-0.05, 0) is 18.6 Å². The van der Waals surface area contributed by atoms with Crippen LogP contribution in [0.15, 0.2) is 55.1 Å². The topological polar surface area (TPSA) is 87.1 Å². The average molecular weight is 389 g/mol. The Kier molecular flexibility index (Phi) is 5.60. The number of hydrogen-bond acceptors (Lipinski definition) is 7. The number of hydrogen-bond donors (Lipinski definition) is 1. The lowest BCUT2D eigenvalue weighted by Crippen LogP contribution is -2.49. The predicted molar refractivity (Wildman–Crippen MR) is 111 cm³/mol. The molecular formula is C21H23N7O. The summed E-state index contributed by atoms with van der Waals surface area (Å²) in [6.45, 7) is 5.32. The van der Waals surface area contributed by atoms with E-state index in [1.54, 1.807) is 29.6 Å². The van der Waals surface area contributed by atoms with E-state index in [2.05, 4.69) is 61.3 Å².